The van der Waals surface area contributed by atoms with E-state index in [1.54, 1.807) is 0 Å². The van der Waals surface area contributed by atoms with Gasteiger partial charge >= 0.3 is 0 Å². The molecule has 1 aromatic carbocycles. The Balaban J connectivity index is 1.50. The molecule has 0 aliphatic carbocycles. The van der Waals surface area contributed by atoms with Crippen LogP contribution in [0.4, 0.5) is 11.4 Å². The number of ether oxygens (including phenoxy) is 2. The van der Waals surface area contributed by atoms with Gasteiger partial charge in [-0.15, -0.1) is 0 Å². The lowest BCUT2D eigenvalue weighted by atomic mass is 10.2. The lowest BCUT2D eigenvalue weighted by Gasteiger charge is -2.34. The summed E-state index contributed by atoms with van der Waals surface area (Å²) >= 11 is 0. The summed E-state index contributed by atoms with van der Waals surface area (Å²) in [7, 11) is 0. The number of morpholine rings is 2. The number of carbonyl (C=O) groups is 1. The summed E-state index contributed by atoms with van der Waals surface area (Å²) in [6.07, 6.45) is 0.351. The van der Waals surface area contributed by atoms with Gasteiger partial charge in [0.15, 0.2) is 0 Å². The van der Waals surface area contributed by atoms with Crippen LogP contribution in [0.15, 0.2) is 24.3 Å². The molecule has 132 valence electrons. The molecule has 3 rings (SSSR count). The van der Waals surface area contributed by atoms with Crippen LogP contribution in [0.5, 0.6) is 0 Å². The Morgan fingerprint density at radius 3 is 2.38 bits per heavy atom. The SMILES string of the molecule is C[C@H]1CN(CC(=O)Nc2ccc(N3CCOCC3)cc2)C[C@H](C)O1. The van der Waals surface area contributed by atoms with E-state index >= 15 is 0 Å². The number of nitrogens with one attached hydrogen (secondary N) is 1. The van der Waals surface area contributed by atoms with Crippen LogP contribution in [0.1, 0.15) is 13.8 Å². The summed E-state index contributed by atoms with van der Waals surface area (Å²) in [5, 5.41) is 2.98. The first-order chi connectivity index (χ1) is 11.6. The lowest BCUT2D eigenvalue weighted by molar-refractivity contribution is -0.121. The molecule has 1 amide bonds. The maximum absolute atomic E-state index is 12.3. The Hall–Kier alpha value is -1.63. The van der Waals surface area contributed by atoms with Crippen LogP contribution in [-0.4, -0.2) is 69.0 Å². The molecule has 1 aromatic rings. The fraction of sp³-hybridized carbons (Fsp3) is 0.611. The molecule has 0 unspecified atom stereocenters. The van der Waals surface area contributed by atoms with Crippen LogP contribution >= 0.6 is 0 Å². The molecule has 0 radical (unpaired) electrons. The van der Waals surface area contributed by atoms with Crippen molar-refractivity contribution in [3.8, 4) is 0 Å². The predicted octanol–water partition coefficient (Wildman–Crippen LogP) is 1.57. The second-order valence-electron chi connectivity index (χ2n) is 6.65. The van der Waals surface area contributed by atoms with Crippen molar-refractivity contribution >= 4 is 17.3 Å². The summed E-state index contributed by atoms with van der Waals surface area (Å²) in [6, 6.07) is 8.04. The number of hydrogen-bond acceptors (Lipinski definition) is 5. The number of carbonyl (C=O) groups excluding carboxylic acids is 1. The molecule has 2 atom stereocenters. The van der Waals surface area contributed by atoms with E-state index in [-0.39, 0.29) is 18.1 Å². The van der Waals surface area contributed by atoms with E-state index in [4.69, 9.17) is 9.47 Å². The third-order valence-corrected chi connectivity index (χ3v) is 4.39. The third kappa shape index (κ3) is 4.69. The van der Waals surface area contributed by atoms with Crippen molar-refractivity contribution in [3.63, 3.8) is 0 Å². The van der Waals surface area contributed by atoms with E-state index in [1.807, 2.05) is 26.0 Å². The number of anilines is 2. The Kier molecular flexibility index (Phi) is 5.71. The highest BCUT2D eigenvalue weighted by Gasteiger charge is 2.23. The van der Waals surface area contributed by atoms with E-state index < -0.39 is 0 Å². The van der Waals surface area contributed by atoms with Crippen molar-refractivity contribution in [1.29, 1.82) is 0 Å². The van der Waals surface area contributed by atoms with Gasteiger partial charge < -0.3 is 19.7 Å². The molecule has 0 aromatic heterocycles. The summed E-state index contributed by atoms with van der Waals surface area (Å²) in [5.74, 6) is 0.0235. The van der Waals surface area contributed by atoms with E-state index in [1.165, 1.54) is 5.69 Å². The normalized spacial score (nSPS) is 25.5. The molecule has 0 bridgehead atoms. The molecule has 2 fully saturated rings. The van der Waals surface area contributed by atoms with Gasteiger partial charge in [-0.1, -0.05) is 0 Å². The minimum atomic E-state index is 0.0235. The number of rotatable bonds is 4. The van der Waals surface area contributed by atoms with Crippen LogP contribution < -0.4 is 10.2 Å². The Morgan fingerprint density at radius 1 is 1.12 bits per heavy atom. The Labute approximate surface area is 143 Å². The first-order valence-corrected chi connectivity index (χ1v) is 8.70. The molecular weight excluding hydrogens is 306 g/mol. The van der Waals surface area contributed by atoms with Crippen LogP contribution in [0.2, 0.25) is 0 Å². The van der Waals surface area contributed by atoms with Crippen LogP contribution in [0, 0.1) is 0 Å². The van der Waals surface area contributed by atoms with Crippen LogP contribution in [0.25, 0.3) is 0 Å². The maximum atomic E-state index is 12.3. The minimum absolute atomic E-state index is 0.0235. The monoisotopic (exact) mass is 333 g/mol. The third-order valence-electron chi connectivity index (χ3n) is 4.39. The number of nitrogens with zero attached hydrogens (tertiary/aromatic N) is 2. The zero-order chi connectivity index (χ0) is 16.9. The maximum Gasteiger partial charge on any atom is 0.238 e. The van der Waals surface area contributed by atoms with Gasteiger partial charge in [-0.2, -0.15) is 0 Å². The van der Waals surface area contributed by atoms with Crippen molar-refractivity contribution in [2.24, 2.45) is 0 Å². The van der Waals surface area contributed by atoms with Gasteiger partial charge in [0.25, 0.3) is 0 Å². The van der Waals surface area contributed by atoms with Crippen molar-refractivity contribution in [1.82, 2.24) is 4.90 Å². The average molecular weight is 333 g/mol. The summed E-state index contributed by atoms with van der Waals surface area (Å²) in [5.41, 5.74) is 2.01. The summed E-state index contributed by atoms with van der Waals surface area (Å²) in [4.78, 5) is 16.7. The van der Waals surface area contributed by atoms with Gasteiger partial charge in [-0.3, -0.25) is 9.69 Å². The highest BCUT2D eigenvalue weighted by Crippen LogP contribution is 2.19. The first-order valence-electron chi connectivity index (χ1n) is 8.70. The zero-order valence-electron chi connectivity index (χ0n) is 14.5. The molecule has 2 aliphatic rings. The van der Waals surface area contributed by atoms with Crippen LogP contribution in [-0.2, 0) is 14.3 Å². The summed E-state index contributed by atoms with van der Waals surface area (Å²) < 4.78 is 11.1. The van der Waals surface area contributed by atoms with E-state index in [0.29, 0.717) is 6.54 Å². The quantitative estimate of drug-likeness (QED) is 0.906. The van der Waals surface area contributed by atoms with Crippen molar-refractivity contribution in [3.05, 3.63) is 24.3 Å². The zero-order valence-corrected chi connectivity index (χ0v) is 14.5. The molecule has 24 heavy (non-hydrogen) atoms. The fourth-order valence-electron chi connectivity index (χ4n) is 3.39. The Bertz CT molecular complexity index is 533. The van der Waals surface area contributed by atoms with Gasteiger partial charge in [0.1, 0.15) is 0 Å². The van der Waals surface area contributed by atoms with E-state index in [9.17, 15) is 4.79 Å². The molecule has 2 saturated heterocycles. The first kappa shape index (κ1) is 17.2. The van der Waals surface area contributed by atoms with E-state index in [2.05, 4.69) is 27.2 Å². The smallest absolute Gasteiger partial charge is 0.238 e. The average Bonchev–Trinajstić information content (AvgIpc) is 2.55. The van der Waals surface area contributed by atoms with Gasteiger partial charge in [0.05, 0.1) is 32.0 Å². The van der Waals surface area contributed by atoms with Gasteiger partial charge in [-0.05, 0) is 38.1 Å². The predicted molar refractivity (Wildman–Crippen MR) is 94.6 cm³/mol. The molecule has 0 saturated carbocycles. The highest BCUT2D eigenvalue weighted by molar-refractivity contribution is 5.92. The molecule has 0 spiro atoms. The largest absolute Gasteiger partial charge is 0.378 e. The highest BCUT2D eigenvalue weighted by atomic mass is 16.5. The molecule has 6 heteroatoms. The van der Waals surface area contributed by atoms with E-state index in [0.717, 1.165) is 45.1 Å². The molecule has 2 aliphatic heterocycles. The topological polar surface area (TPSA) is 54.0 Å². The van der Waals surface area contributed by atoms with Crippen molar-refractivity contribution < 1.29 is 14.3 Å². The van der Waals surface area contributed by atoms with Gasteiger partial charge in [0, 0.05) is 37.6 Å². The standard InChI is InChI=1S/C18H27N3O3/c1-14-11-20(12-15(2)24-14)13-18(22)19-16-3-5-17(6-4-16)21-7-9-23-10-8-21/h3-6,14-15H,7-13H2,1-2H3,(H,19,22)/t14-,15-/m0/s1. The van der Waals surface area contributed by atoms with Gasteiger partial charge in [0.2, 0.25) is 5.91 Å². The second-order valence-corrected chi connectivity index (χ2v) is 6.65. The molecule has 6 nitrogen and oxygen atoms in total. The van der Waals surface area contributed by atoms with Gasteiger partial charge in [-0.25, -0.2) is 0 Å². The van der Waals surface area contributed by atoms with Crippen LogP contribution in [0.3, 0.4) is 0 Å². The second kappa shape index (κ2) is 7.96. The van der Waals surface area contributed by atoms with Crippen molar-refractivity contribution in [2.45, 2.75) is 26.1 Å². The molecule has 1 N–H and O–H groups in total. The fourth-order valence-corrected chi connectivity index (χ4v) is 3.39. The van der Waals surface area contributed by atoms with Crippen molar-refractivity contribution in [2.75, 3.05) is 56.2 Å². The molecule has 2 heterocycles. The number of hydrogen-bond donors (Lipinski definition) is 1. The number of amides is 1. The molecular formula is C18H27N3O3. The minimum Gasteiger partial charge on any atom is -0.378 e. The Morgan fingerprint density at radius 2 is 1.75 bits per heavy atom. The summed E-state index contributed by atoms with van der Waals surface area (Å²) in [6.45, 7) is 9.47. The number of benzene rings is 1. The lowest BCUT2D eigenvalue weighted by Crippen LogP contribution is -2.48.